The molecule has 1 aromatic heterocycles. The van der Waals surface area contributed by atoms with Crippen molar-refractivity contribution in [2.45, 2.75) is 71.1 Å². The van der Waals surface area contributed by atoms with Gasteiger partial charge in [-0.25, -0.2) is 9.78 Å². The molecular formula is C21H35N7O6. The Hall–Kier alpha value is -3.48. The van der Waals surface area contributed by atoms with Crippen LogP contribution >= 0.6 is 0 Å². The zero-order valence-corrected chi connectivity index (χ0v) is 19.8. The lowest BCUT2D eigenvalue weighted by Crippen LogP contribution is -2.59. The lowest BCUT2D eigenvalue weighted by atomic mass is 9.96. The van der Waals surface area contributed by atoms with Gasteiger partial charge in [0.15, 0.2) is 0 Å². The van der Waals surface area contributed by atoms with E-state index in [0.717, 1.165) is 0 Å². The van der Waals surface area contributed by atoms with E-state index in [0.29, 0.717) is 12.1 Å². The normalized spacial score (nSPS) is 15.5. The number of aromatic nitrogens is 2. The van der Waals surface area contributed by atoms with E-state index in [9.17, 15) is 29.1 Å². The van der Waals surface area contributed by atoms with Gasteiger partial charge in [0, 0.05) is 18.3 Å². The number of rotatable bonds is 14. The number of nitrogens with two attached hydrogens (primary N) is 2. The molecule has 5 unspecified atom stereocenters. The summed E-state index contributed by atoms with van der Waals surface area (Å²) in [5, 5.41) is 16.8. The third-order valence-corrected chi connectivity index (χ3v) is 5.45. The molecule has 0 aliphatic heterocycles. The Balaban J connectivity index is 3.11. The number of hydrogen-bond acceptors (Lipinski definition) is 7. The monoisotopic (exact) mass is 481 g/mol. The summed E-state index contributed by atoms with van der Waals surface area (Å²) in [5.74, 6) is -4.80. The van der Waals surface area contributed by atoms with Crippen LogP contribution < -0.4 is 27.4 Å². The molecule has 4 amide bonds. The van der Waals surface area contributed by atoms with E-state index in [1.807, 2.05) is 6.92 Å². The number of aliphatic carboxylic acids is 1. The summed E-state index contributed by atoms with van der Waals surface area (Å²) in [6.07, 6.45) is 2.71. The molecule has 0 spiro atoms. The van der Waals surface area contributed by atoms with Gasteiger partial charge < -0.3 is 37.5 Å². The smallest absolute Gasteiger partial charge is 0.326 e. The maximum Gasteiger partial charge on any atom is 0.326 e. The highest BCUT2D eigenvalue weighted by Crippen LogP contribution is 2.11. The van der Waals surface area contributed by atoms with E-state index in [2.05, 4.69) is 25.9 Å². The largest absolute Gasteiger partial charge is 0.480 e. The molecule has 1 aromatic rings. The minimum absolute atomic E-state index is 0.0484. The maximum atomic E-state index is 13.1. The quantitative estimate of drug-likeness (QED) is 0.163. The molecule has 0 saturated heterocycles. The summed E-state index contributed by atoms with van der Waals surface area (Å²) in [6, 6.07) is -4.61. The average Bonchev–Trinajstić information content (AvgIpc) is 3.27. The van der Waals surface area contributed by atoms with Crippen molar-refractivity contribution in [2.24, 2.45) is 23.3 Å². The van der Waals surface area contributed by atoms with E-state index >= 15 is 0 Å². The van der Waals surface area contributed by atoms with Gasteiger partial charge in [-0.3, -0.25) is 19.2 Å². The summed E-state index contributed by atoms with van der Waals surface area (Å²) in [6.45, 7) is 7.16. The Morgan fingerprint density at radius 3 is 2.12 bits per heavy atom. The fourth-order valence-electron chi connectivity index (χ4n) is 3.01. The van der Waals surface area contributed by atoms with Crippen molar-refractivity contribution in [3.63, 3.8) is 0 Å². The molecule has 1 heterocycles. The Morgan fingerprint density at radius 1 is 1.03 bits per heavy atom. The minimum atomic E-state index is -1.57. The van der Waals surface area contributed by atoms with Crippen LogP contribution in [0.3, 0.4) is 0 Å². The van der Waals surface area contributed by atoms with E-state index in [-0.39, 0.29) is 18.3 Å². The summed E-state index contributed by atoms with van der Waals surface area (Å²) in [7, 11) is 0. The number of carbonyl (C=O) groups excluding carboxylic acids is 4. The molecule has 0 fully saturated rings. The zero-order valence-electron chi connectivity index (χ0n) is 19.8. The van der Waals surface area contributed by atoms with Crippen molar-refractivity contribution in [2.75, 3.05) is 0 Å². The van der Waals surface area contributed by atoms with Crippen LogP contribution in [0.1, 0.15) is 46.2 Å². The standard InChI is InChI=1S/C21H35N7O6/c1-5-11(4)17(28-19(31)16(23)10(2)3)20(32)26-13(6-12-8-24-9-25-12)18(30)27-14(21(33)34)7-15(22)29/h8-11,13-14,16-17H,5-7,23H2,1-4H3,(H2,22,29)(H,24,25)(H,26,32)(H,27,30)(H,28,31)(H,33,34). The number of carboxylic acids is 1. The fourth-order valence-corrected chi connectivity index (χ4v) is 3.01. The van der Waals surface area contributed by atoms with Gasteiger partial charge in [-0.05, 0) is 11.8 Å². The van der Waals surface area contributed by atoms with Gasteiger partial charge in [0.25, 0.3) is 0 Å². The Kier molecular flexibility index (Phi) is 11.2. The van der Waals surface area contributed by atoms with Crippen LogP contribution in [-0.4, -0.2) is 68.8 Å². The Morgan fingerprint density at radius 2 is 1.65 bits per heavy atom. The van der Waals surface area contributed by atoms with Crippen molar-refractivity contribution < 1.29 is 29.1 Å². The molecule has 5 atom stereocenters. The van der Waals surface area contributed by atoms with Crippen molar-refractivity contribution in [3.05, 3.63) is 18.2 Å². The average molecular weight is 482 g/mol. The van der Waals surface area contributed by atoms with E-state index in [1.54, 1.807) is 20.8 Å². The molecule has 190 valence electrons. The Bertz CT molecular complexity index is 858. The molecule has 0 radical (unpaired) electrons. The second kappa shape index (κ2) is 13.3. The van der Waals surface area contributed by atoms with Gasteiger partial charge in [-0.2, -0.15) is 0 Å². The number of amides is 4. The second-order valence-electron chi connectivity index (χ2n) is 8.55. The van der Waals surface area contributed by atoms with Gasteiger partial charge in [0.05, 0.1) is 18.8 Å². The SMILES string of the molecule is CCC(C)C(NC(=O)C(N)C(C)C)C(=O)NC(Cc1cnc[nH]1)C(=O)NC(CC(N)=O)C(=O)O. The number of H-pyrrole nitrogens is 1. The van der Waals surface area contributed by atoms with Crippen LogP contribution in [0.5, 0.6) is 0 Å². The Labute approximate surface area is 197 Å². The number of aromatic amines is 1. The van der Waals surface area contributed by atoms with Crippen LogP contribution in [0.15, 0.2) is 12.5 Å². The van der Waals surface area contributed by atoms with Gasteiger partial charge in [0.1, 0.15) is 18.1 Å². The molecule has 0 saturated carbocycles. The summed E-state index contributed by atoms with van der Waals surface area (Å²) in [4.78, 5) is 67.8. The molecule has 9 N–H and O–H groups in total. The number of nitrogens with one attached hydrogen (secondary N) is 4. The lowest BCUT2D eigenvalue weighted by Gasteiger charge is -2.28. The number of primary amides is 1. The second-order valence-corrected chi connectivity index (χ2v) is 8.55. The first-order valence-corrected chi connectivity index (χ1v) is 11.0. The van der Waals surface area contributed by atoms with Crippen LogP contribution in [0, 0.1) is 11.8 Å². The van der Waals surface area contributed by atoms with Crippen molar-refractivity contribution in [3.8, 4) is 0 Å². The molecule has 13 heteroatoms. The van der Waals surface area contributed by atoms with Crippen LogP contribution in [0.25, 0.3) is 0 Å². The van der Waals surface area contributed by atoms with Crippen molar-refractivity contribution in [1.82, 2.24) is 25.9 Å². The zero-order chi connectivity index (χ0) is 26.0. The number of nitrogens with zero attached hydrogens (tertiary/aromatic N) is 1. The van der Waals surface area contributed by atoms with Gasteiger partial charge in [-0.1, -0.05) is 34.1 Å². The highest BCUT2D eigenvalue weighted by molar-refractivity contribution is 5.95. The number of imidazole rings is 1. The molecule has 0 bridgehead atoms. The summed E-state index contributed by atoms with van der Waals surface area (Å²) >= 11 is 0. The highest BCUT2D eigenvalue weighted by Gasteiger charge is 2.33. The van der Waals surface area contributed by atoms with Crippen LogP contribution in [-0.2, 0) is 30.4 Å². The third-order valence-electron chi connectivity index (χ3n) is 5.45. The molecular weight excluding hydrogens is 446 g/mol. The fraction of sp³-hybridized carbons (Fsp3) is 0.619. The number of hydrogen-bond donors (Lipinski definition) is 7. The van der Waals surface area contributed by atoms with E-state index < -0.39 is 60.2 Å². The lowest BCUT2D eigenvalue weighted by molar-refractivity contribution is -0.143. The maximum absolute atomic E-state index is 13.1. The molecule has 13 nitrogen and oxygen atoms in total. The van der Waals surface area contributed by atoms with Crippen LogP contribution in [0.4, 0.5) is 0 Å². The summed E-state index contributed by atoms with van der Waals surface area (Å²) < 4.78 is 0. The first-order chi connectivity index (χ1) is 15.9. The van der Waals surface area contributed by atoms with E-state index in [1.165, 1.54) is 12.5 Å². The first kappa shape index (κ1) is 28.6. The number of carboxylic acid groups (broad SMARTS) is 1. The predicted molar refractivity (Wildman–Crippen MR) is 122 cm³/mol. The molecule has 1 rings (SSSR count). The predicted octanol–water partition coefficient (Wildman–Crippen LogP) is -1.60. The van der Waals surface area contributed by atoms with Crippen LogP contribution in [0.2, 0.25) is 0 Å². The highest BCUT2D eigenvalue weighted by atomic mass is 16.4. The number of carbonyl (C=O) groups is 5. The van der Waals surface area contributed by atoms with Crippen molar-refractivity contribution in [1.29, 1.82) is 0 Å². The first-order valence-electron chi connectivity index (χ1n) is 11.0. The third kappa shape index (κ3) is 8.81. The van der Waals surface area contributed by atoms with Gasteiger partial charge in [0.2, 0.25) is 23.6 Å². The van der Waals surface area contributed by atoms with Gasteiger partial charge >= 0.3 is 5.97 Å². The van der Waals surface area contributed by atoms with Gasteiger partial charge in [-0.15, -0.1) is 0 Å². The molecule has 0 aliphatic rings. The molecule has 0 aromatic carbocycles. The minimum Gasteiger partial charge on any atom is -0.480 e. The molecule has 0 aliphatic carbocycles. The van der Waals surface area contributed by atoms with Crippen molar-refractivity contribution >= 4 is 29.6 Å². The topological polar surface area (TPSA) is 222 Å². The van der Waals surface area contributed by atoms with E-state index in [4.69, 9.17) is 11.5 Å². The summed E-state index contributed by atoms with van der Waals surface area (Å²) in [5.41, 5.74) is 11.5. The molecule has 34 heavy (non-hydrogen) atoms.